The van der Waals surface area contributed by atoms with Crippen LogP contribution in [0.4, 0.5) is 0 Å². The Morgan fingerprint density at radius 2 is 1.42 bits per heavy atom. The normalized spacial score (nSPS) is 17.1. The molecular weight excluding hydrogens is 492 g/mol. The molecule has 1 atom stereocenters. The lowest BCUT2D eigenvalue weighted by molar-refractivity contribution is 0.287. The summed E-state index contributed by atoms with van der Waals surface area (Å²) in [5.41, 5.74) is 5.34. The Bertz CT molecular complexity index is 1460. The van der Waals surface area contributed by atoms with E-state index in [1.807, 2.05) is 50.2 Å². The molecule has 0 aliphatic carbocycles. The van der Waals surface area contributed by atoms with Gasteiger partial charge in [-0.25, -0.2) is 12.7 Å². The Morgan fingerprint density at radius 1 is 0.842 bits per heavy atom. The molecular formula is C32H40N2O3S. The zero-order valence-electron chi connectivity index (χ0n) is 24.1. The van der Waals surface area contributed by atoms with Crippen LogP contribution in [0, 0.1) is 26.2 Å². The molecule has 3 aromatic rings. The first kappa shape index (κ1) is 27.9. The predicted octanol–water partition coefficient (Wildman–Crippen LogP) is 7.38. The second-order valence-electron chi connectivity index (χ2n) is 12.3. The van der Waals surface area contributed by atoms with Gasteiger partial charge in [0, 0.05) is 5.56 Å². The minimum absolute atomic E-state index is 0.0205. The van der Waals surface area contributed by atoms with Gasteiger partial charge in [0.1, 0.15) is 11.6 Å². The van der Waals surface area contributed by atoms with E-state index in [1.54, 1.807) is 23.5 Å². The third-order valence-corrected chi connectivity index (χ3v) is 8.76. The third kappa shape index (κ3) is 5.37. The highest BCUT2D eigenvalue weighted by atomic mass is 32.2. The highest BCUT2D eigenvalue weighted by Crippen LogP contribution is 2.46. The summed E-state index contributed by atoms with van der Waals surface area (Å²) in [5, 5.41) is 0. The molecule has 0 fully saturated rings. The van der Waals surface area contributed by atoms with Gasteiger partial charge in [-0.05, 0) is 93.0 Å². The number of hydrogen-bond donors (Lipinski definition) is 0. The molecule has 0 amide bonds. The van der Waals surface area contributed by atoms with Gasteiger partial charge in [-0.15, -0.1) is 0 Å². The summed E-state index contributed by atoms with van der Waals surface area (Å²) >= 11 is 0. The average molecular weight is 533 g/mol. The van der Waals surface area contributed by atoms with Gasteiger partial charge in [-0.2, -0.15) is 0 Å². The van der Waals surface area contributed by atoms with Crippen molar-refractivity contribution in [2.24, 2.45) is 10.4 Å². The van der Waals surface area contributed by atoms with E-state index < -0.39 is 21.6 Å². The maximum Gasteiger partial charge on any atom is 0.266 e. The maximum atomic E-state index is 14.5. The van der Waals surface area contributed by atoms with Gasteiger partial charge in [-0.1, -0.05) is 62.7 Å². The summed E-state index contributed by atoms with van der Waals surface area (Å²) in [6.07, 6.45) is 0.801. The molecule has 38 heavy (non-hydrogen) atoms. The number of hydrogen-bond acceptors (Lipinski definition) is 4. The molecule has 0 radical (unpaired) electrons. The molecule has 0 aromatic heterocycles. The Labute approximate surface area is 228 Å². The Kier molecular flexibility index (Phi) is 7.26. The van der Waals surface area contributed by atoms with E-state index in [0.29, 0.717) is 5.84 Å². The molecule has 1 aliphatic rings. The van der Waals surface area contributed by atoms with Crippen LogP contribution in [0.5, 0.6) is 5.75 Å². The summed E-state index contributed by atoms with van der Waals surface area (Å²) in [6, 6.07) is 18.3. The molecule has 3 aromatic carbocycles. The van der Waals surface area contributed by atoms with Crippen LogP contribution in [0.1, 0.15) is 80.5 Å². The Balaban J connectivity index is 2.06. The number of amidine groups is 1. The third-order valence-electron chi connectivity index (χ3n) is 6.99. The molecule has 6 heteroatoms. The fourth-order valence-corrected chi connectivity index (χ4v) is 7.30. The Hall–Kier alpha value is -3.12. The van der Waals surface area contributed by atoms with Crippen LogP contribution in [0.25, 0.3) is 0 Å². The van der Waals surface area contributed by atoms with Crippen LogP contribution >= 0.6 is 0 Å². The standard InChI is InChI=1S/C32H40N2O3S/c1-21-10-18-26(19-11-21)38(35,36)34-29(24-14-16-25(37-9)17-15-24)27-22(2)12-13-23(3)28(27)30(34)33-32(7,8)20-31(4,5)6/h10-19,29H,20H2,1-9H3. The molecule has 1 aliphatic heterocycles. The number of nitrogens with zero attached hydrogens (tertiary/aromatic N) is 2. The second kappa shape index (κ2) is 9.88. The number of aryl methyl sites for hydroxylation is 3. The molecule has 1 unspecified atom stereocenters. The number of ether oxygens (including phenoxy) is 1. The van der Waals surface area contributed by atoms with Crippen LogP contribution < -0.4 is 4.74 Å². The van der Waals surface area contributed by atoms with Crippen molar-refractivity contribution in [3.8, 4) is 5.75 Å². The average Bonchev–Trinajstić information content (AvgIpc) is 3.16. The van der Waals surface area contributed by atoms with Gasteiger partial charge < -0.3 is 4.74 Å². The van der Waals surface area contributed by atoms with Crippen LogP contribution in [0.2, 0.25) is 0 Å². The van der Waals surface area contributed by atoms with Crippen molar-refractivity contribution >= 4 is 15.9 Å². The second-order valence-corrected chi connectivity index (χ2v) is 14.1. The summed E-state index contributed by atoms with van der Waals surface area (Å²) in [5.74, 6) is 1.23. The molecule has 0 spiro atoms. The van der Waals surface area contributed by atoms with Crippen molar-refractivity contribution in [3.63, 3.8) is 0 Å². The van der Waals surface area contributed by atoms with Crippen molar-refractivity contribution in [1.29, 1.82) is 0 Å². The zero-order chi connectivity index (χ0) is 28.0. The van der Waals surface area contributed by atoms with E-state index in [1.165, 1.54) is 0 Å². The van der Waals surface area contributed by atoms with E-state index in [2.05, 4.69) is 53.7 Å². The lowest BCUT2D eigenvalue weighted by Crippen LogP contribution is -2.38. The van der Waals surface area contributed by atoms with Crippen LogP contribution in [0.15, 0.2) is 70.6 Å². The van der Waals surface area contributed by atoms with Crippen molar-refractivity contribution in [2.45, 2.75) is 78.3 Å². The topological polar surface area (TPSA) is 59.0 Å². The quantitative estimate of drug-likeness (QED) is 0.333. The van der Waals surface area contributed by atoms with Crippen LogP contribution in [-0.2, 0) is 10.0 Å². The smallest absolute Gasteiger partial charge is 0.266 e. The molecule has 0 saturated heterocycles. The van der Waals surface area contributed by atoms with Crippen molar-refractivity contribution in [2.75, 3.05) is 7.11 Å². The lowest BCUT2D eigenvalue weighted by Gasteiger charge is -2.32. The molecule has 1 heterocycles. The fourth-order valence-electron chi connectivity index (χ4n) is 5.73. The molecule has 0 saturated carbocycles. The van der Waals surface area contributed by atoms with E-state index in [-0.39, 0.29) is 10.3 Å². The fraction of sp³-hybridized carbons (Fsp3) is 0.406. The maximum absolute atomic E-state index is 14.5. The molecule has 0 N–H and O–H groups in total. The number of sulfonamides is 1. The summed E-state index contributed by atoms with van der Waals surface area (Å²) in [7, 11) is -2.34. The van der Waals surface area contributed by atoms with Gasteiger partial charge in [0.25, 0.3) is 10.0 Å². The minimum Gasteiger partial charge on any atom is -0.497 e. The van der Waals surface area contributed by atoms with Gasteiger partial charge in [-0.3, -0.25) is 4.99 Å². The highest BCUT2D eigenvalue weighted by molar-refractivity contribution is 7.89. The van der Waals surface area contributed by atoms with Crippen LogP contribution in [-0.4, -0.2) is 31.2 Å². The van der Waals surface area contributed by atoms with Gasteiger partial charge in [0.2, 0.25) is 0 Å². The van der Waals surface area contributed by atoms with E-state index in [0.717, 1.165) is 45.6 Å². The Morgan fingerprint density at radius 3 is 1.97 bits per heavy atom. The molecule has 202 valence electrons. The van der Waals surface area contributed by atoms with Crippen molar-refractivity contribution < 1.29 is 13.2 Å². The van der Waals surface area contributed by atoms with Gasteiger partial charge >= 0.3 is 0 Å². The van der Waals surface area contributed by atoms with E-state index >= 15 is 0 Å². The lowest BCUT2D eigenvalue weighted by atomic mass is 9.82. The zero-order valence-corrected chi connectivity index (χ0v) is 24.9. The van der Waals surface area contributed by atoms with Crippen molar-refractivity contribution in [1.82, 2.24) is 4.31 Å². The first-order chi connectivity index (χ1) is 17.6. The molecule has 0 bridgehead atoms. The SMILES string of the molecule is COc1ccc(C2c3c(C)ccc(C)c3C(=NC(C)(C)CC(C)(C)C)N2S(=O)(=O)c2ccc(C)cc2)cc1. The number of aliphatic imine (C=N–C) groups is 1. The van der Waals surface area contributed by atoms with Crippen LogP contribution in [0.3, 0.4) is 0 Å². The first-order valence-electron chi connectivity index (χ1n) is 13.1. The predicted molar refractivity (Wildman–Crippen MR) is 156 cm³/mol. The summed E-state index contributed by atoms with van der Waals surface area (Å²) in [6.45, 7) is 16.8. The van der Waals surface area contributed by atoms with Gasteiger partial charge in [0.15, 0.2) is 0 Å². The molecule has 4 rings (SSSR count). The summed E-state index contributed by atoms with van der Waals surface area (Å²) < 4.78 is 36.1. The number of rotatable bonds is 6. The van der Waals surface area contributed by atoms with Crippen molar-refractivity contribution in [3.05, 3.63) is 94.0 Å². The van der Waals surface area contributed by atoms with Gasteiger partial charge in [0.05, 0.1) is 23.6 Å². The van der Waals surface area contributed by atoms with E-state index in [4.69, 9.17) is 9.73 Å². The number of methoxy groups -OCH3 is 1. The summed E-state index contributed by atoms with van der Waals surface area (Å²) in [4.78, 5) is 5.53. The monoisotopic (exact) mass is 532 g/mol. The number of fused-ring (bicyclic) bond motifs is 1. The molecule has 5 nitrogen and oxygen atoms in total. The number of benzene rings is 3. The first-order valence-corrected chi connectivity index (χ1v) is 14.5. The van der Waals surface area contributed by atoms with E-state index in [9.17, 15) is 8.42 Å². The highest BCUT2D eigenvalue weighted by Gasteiger charge is 2.46. The minimum atomic E-state index is -3.96. The largest absolute Gasteiger partial charge is 0.497 e.